The molecular weight excluding hydrogens is 450 g/mol. The molecule has 3 aromatic rings. The Kier molecular flexibility index (Phi) is 5.68. The average Bonchev–Trinajstić information content (AvgIpc) is 3.16. The fourth-order valence-corrected chi connectivity index (χ4v) is 5.85. The van der Waals surface area contributed by atoms with Gasteiger partial charge in [-0.2, -0.15) is 0 Å². The van der Waals surface area contributed by atoms with Crippen LogP contribution in [-0.4, -0.2) is 35.4 Å². The molecule has 1 saturated heterocycles. The van der Waals surface area contributed by atoms with Gasteiger partial charge in [0, 0.05) is 23.9 Å². The molecule has 3 aromatic carbocycles. The minimum atomic E-state index is -0.379. The van der Waals surface area contributed by atoms with E-state index in [0.29, 0.717) is 17.3 Å². The van der Waals surface area contributed by atoms with Crippen LogP contribution >= 0.6 is 24.0 Å². The van der Waals surface area contributed by atoms with E-state index in [1.54, 1.807) is 4.90 Å². The predicted molar refractivity (Wildman–Crippen MR) is 138 cm³/mol. The Bertz CT molecular complexity index is 1320. The number of carbonyl (C=O) groups excluding carboxylic acids is 2. The van der Waals surface area contributed by atoms with Gasteiger partial charge in [-0.1, -0.05) is 73.6 Å². The number of hydrogen-bond acceptors (Lipinski definition) is 5. The lowest BCUT2D eigenvalue weighted by Crippen LogP contribution is -2.57. The van der Waals surface area contributed by atoms with Crippen molar-refractivity contribution in [2.24, 2.45) is 0 Å². The van der Waals surface area contributed by atoms with E-state index in [4.69, 9.17) is 12.2 Å². The normalized spacial score (nSPS) is 18.5. The highest BCUT2D eigenvalue weighted by molar-refractivity contribution is 8.03. The number of benzene rings is 3. The molecule has 0 aromatic heterocycles. The molecule has 0 atom stereocenters. The van der Waals surface area contributed by atoms with Crippen molar-refractivity contribution in [3.63, 3.8) is 0 Å². The first kappa shape index (κ1) is 21.7. The Hall–Kier alpha value is -3.16. The van der Waals surface area contributed by atoms with E-state index in [-0.39, 0.29) is 22.5 Å². The Labute approximate surface area is 202 Å². The first-order valence-corrected chi connectivity index (χ1v) is 12.2. The van der Waals surface area contributed by atoms with Crippen molar-refractivity contribution in [3.8, 4) is 0 Å². The summed E-state index contributed by atoms with van der Waals surface area (Å²) in [6.07, 6.45) is 1.73. The molecule has 2 aliphatic rings. The van der Waals surface area contributed by atoms with Gasteiger partial charge in [-0.25, -0.2) is 0 Å². The van der Waals surface area contributed by atoms with Crippen LogP contribution in [0.5, 0.6) is 0 Å². The molecule has 7 heteroatoms. The van der Waals surface area contributed by atoms with E-state index in [1.165, 1.54) is 16.7 Å². The summed E-state index contributed by atoms with van der Waals surface area (Å²) >= 11 is 7.12. The fourth-order valence-electron chi connectivity index (χ4n) is 4.29. The fraction of sp³-hybridized carbons (Fsp3) is 0.192. The van der Waals surface area contributed by atoms with E-state index in [0.717, 1.165) is 34.2 Å². The van der Waals surface area contributed by atoms with Crippen molar-refractivity contribution < 1.29 is 9.59 Å². The third kappa shape index (κ3) is 3.52. The molecular formula is C26H23N3O2S2. The van der Waals surface area contributed by atoms with Crippen molar-refractivity contribution in [1.82, 2.24) is 4.90 Å². The van der Waals surface area contributed by atoms with Gasteiger partial charge in [0.15, 0.2) is 5.11 Å². The number of thiocarbonyl (C=S) groups is 1. The van der Waals surface area contributed by atoms with Crippen LogP contribution in [0.3, 0.4) is 0 Å². The molecule has 0 unspecified atom stereocenters. The monoisotopic (exact) mass is 473 g/mol. The molecule has 2 amide bonds. The first-order chi connectivity index (χ1) is 16.0. The lowest BCUT2D eigenvalue weighted by molar-refractivity contribution is -0.128. The maximum atomic E-state index is 13.8. The Balaban J connectivity index is 1.66. The van der Waals surface area contributed by atoms with Gasteiger partial charge in [-0.3, -0.25) is 19.4 Å². The molecule has 0 saturated carbocycles. The molecule has 0 N–H and O–H groups in total. The van der Waals surface area contributed by atoms with Crippen LogP contribution in [-0.2, 0) is 9.59 Å². The minimum Gasteiger partial charge on any atom is -0.337 e. The summed E-state index contributed by atoms with van der Waals surface area (Å²) in [6, 6.07) is 21.6. The SMILES string of the molecule is CCCCN1C(=O)/C(=C2/Sc3ccc4ccccc4c3N2C)C(=O)N(c2ccccc2)C1=S. The van der Waals surface area contributed by atoms with Gasteiger partial charge < -0.3 is 4.90 Å². The minimum absolute atomic E-state index is 0.163. The van der Waals surface area contributed by atoms with Crippen LogP contribution in [0, 0.1) is 0 Å². The van der Waals surface area contributed by atoms with E-state index >= 15 is 0 Å². The highest BCUT2D eigenvalue weighted by Gasteiger charge is 2.44. The average molecular weight is 474 g/mol. The van der Waals surface area contributed by atoms with Crippen molar-refractivity contribution in [2.45, 2.75) is 24.7 Å². The quantitative estimate of drug-likeness (QED) is 0.282. The second-order valence-electron chi connectivity index (χ2n) is 8.04. The summed E-state index contributed by atoms with van der Waals surface area (Å²) in [6.45, 7) is 2.55. The molecule has 2 heterocycles. The highest BCUT2D eigenvalue weighted by Crippen LogP contribution is 2.50. The van der Waals surface area contributed by atoms with Crippen LogP contribution in [0.4, 0.5) is 11.4 Å². The summed E-state index contributed by atoms with van der Waals surface area (Å²) in [5.74, 6) is -0.701. The standard InChI is InChI=1S/C26H23N3O2S2/c1-3-4-16-28-23(30)21(24(31)29(26(28)32)18-11-6-5-7-12-18)25-27(2)22-19-13-9-8-10-17(19)14-15-20(22)33-25/h5-15H,3-4,16H2,1-2H3/b25-21-. The zero-order chi connectivity index (χ0) is 23.1. The zero-order valence-corrected chi connectivity index (χ0v) is 20.1. The Morgan fingerprint density at radius 2 is 1.64 bits per heavy atom. The van der Waals surface area contributed by atoms with Crippen LogP contribution in [0.15, 0.2) is 82.2 Å². The molecule has 0 radical (unpaired) electrons. The zero-order valence-electron chi connectivity index (χ0n) is 18.4. The summed E-state index contributed by atoms with van der Waals surface area (Å²) < 4.78 is 0. The maximum absolute atomic E-state index is 13.8. The Morgan fingerprint density at radius 1 is 0.909 bits per heavy atom. The number of nitrogens with zero attached hydrogens (tertiary/aromatic N) is 3. The van der Waals surface area contributed by atoms with Crippen molar-refractivity contribution in [1.29, 1.82) is 0 Å². The van der Waals surface area contributed by atoms with Gasteiger partial charge in [0.1, 0.15) is 5.57 Å². The van der Waals surface area contributed by atoms with Crippen molar-refractivity contribution >= 4 is 63.1 Å². The summed E-state index contributed by atoms with van der Waals surface area (Å²) in [4.78, 5) is 33.5. The Morgan fingerprint density at radius 3 is 2.39 bits per heavy atom. The molecule has 5 nitrogen and oxygen atoms in total. The molecule has 0 spiro atoms. The van der Waals surface area contributed by atoms with Gasteiger partial charge in [-0.05, 0) is 42.2 Å². The number of rotatable bonds is 4. The molecule has 1 fully saturated rings. The third-order valence-electron chi connectivity index (χ3n) is 5.97. The van der Waals surface area contributed by atoms with Crippen LogP contribution in [0.2, 0.25) is 0 Å². The summed E-state index contributed by atoms with van der Waals surface area (Å²) in [5, 5.41) is 3.09. The van der Waals surface area contributed by atoms with Gasteiger partial charge >= 0.3 is 0 Å². The van der Waals surface area contributed by atoms with E-state index in [1.807, 2.05) is 54.4 Å². The number of hydrogen-bond donors (Lipinski definition) is 0. The topological polar surface area (TPSA) is 43.9 Å². The van der Waals surface area contributed by atoms with Gasteiger partial charge in [0.05, 0.1) is 16.4 Å². The summed E-state index contributed by atoms with van der Waals surface area (Å²) in [5.41, 5.74) is 1.84. The van der Waals surface area contributed by atoms with E-state index < -0.39 is 0 Å². The van der Waals surface area contributed by atoms with E-state index in [2.05, 4.69) is 31.2 Å². The van der Waals surface area contributed by atoms with Gasteiger partial charge in [0.25, 0.3) is 11.8 Å². The third-order valence-corrected chi connectivity index (χ3v) is 7.60. The molecule has 0 bridgehead atoms. The lowest BCUT2D eigenvalue weighted by atomic mass is 10.1. The van der Waals surface area contributed by atoms with Crippen molar-refractivity contribution in [3.05, 3.63) is 77.3 Å². The van der Waals surface area contributed by atoms with Crippen LogP contribution in [0.1, 0.15) is 19.8 Å². The van der Waals surface area contributed by atoms with Crippen LogP contribution < -0.4 is 9.80 Å². The van der Waals surface area contributed by atoms with Gasteiger partial charge in [0.2, 0.25) is 0 Å². The van der Waals surface area contributed by atoms with E-state index in [9.17, 15) is 9.59 Å². The summed E-state index contributed by atoms with van der Waals surface area (Å²) in [7, 11) is 1.92. The van der Waals surface area contributed by atoms with Crippen LogP contribution in [0.25, 0.3) is 10.8 Å². The number of thioether (sulfide) groups is 1. The number of carbonyl (C=O) groups is 2. The molecule has 5 rings (SSSR count). The molecule has 0 aliphatic carbocycles. The number of amides is 2. The highest BCUT2D eigenvalue weighted by atomic mass is 32.2. The smallest absolute Gasteiger partial charge is 0.272 e. The maximum Gasteiger partial charge on any atom is 0.272 e. The van der Waals surface area contributed by atoms with Crippen molar-refractivity contribution in [2.75, 3.05) is 23.4 Å². The molecule has 33 heavy (non-hydrogen) atoms. The number of fused-ring (bicyclic) bond motifs is 3. The number of unbranched alkanes of at least 4 members (excludes halogenated alkanes) is 1. The number of para-hydroxylation sites is 1. The predicted octanol–water partition coefficient (Wildman–Crippen LogP) is 5.55. The molecule has 166 valence electrons. The van der Waals surface area contributed by atoms with Gasteiger partial charge in [-0.15, -0.1) is 0 Å². The first-order valence-electron chi connectivity index (χ1n) is 11.0. The molecule has 2 aliphatic heterocycles. The second-order valence-corrected chi connectivity index (χ2v) is 9.44. The number of anilines is 2. The second kappa shape index (κ2) is 8.65. The largest absolute Gasteiger partial charge is 0.337 e. The lowest BCUT2D eigenvalue weighted by Gasteiger charge is -2.37.